The summed E-state index contributed by atoms with van der Waals surface area (Å²) in [5.74, 6) is 0.0420. The van der Waals surface area contributed by atoms with Gasteiger partial charge in [-0.15, -0.1) is 10.2 Å². The zero-order valence-corrected chi connectivity index (χ0v) is 9.72. The summed E-state index contributed by atoms with van der Waals surface area (Å²) >= 11 is 0. The first-order valence-electron chi connectivity index (χ1n) is 5.41. The number of nitrogens with zero attached hydrogens (tertiary/aromatic N) is 3. The van der Waals surface area contributed by atoms with Crippen LogP contribution in [0.2, 0.25) is 0 Å². The highest BCUT2D eigenvalue weighted by molar-refractivity contribution is 5.66. The summed E-state index contributed by atoms with van der Waals surface area (Å²) in [6, 6.07) is 9.32. The molecule has 0 aliphatic carbocycles. The standard InChI is InChI=1S/C13H10FN3O/c1-2-18-13-7-9(14)3-5-11(13)12-6-4-10(8-15)16-17-12/h3-7H,2H2,1H3. The van der Waals surface area contributed by atoms with Gasteiger partial charge in [0.1, 0.15) is 17.6 Å². The number of ether oxygens (including phenoxy) is 1. The second kappa shape index (κ2) is 5.23. The molecule has 0 aliphatic heterocycles. The van der Waals surface area contributed by atoms with Gasteiger partial charge in [0.25, 0.3) is 0 Å². The third-order valence-electron chi connectivity index (χ3n) is 2.30. The predicted octanol–water partition coefficient (Wildman–Crippen LogP) is 2.55. The van der Waals surface area contributed by atoms with Crippen molar-refractivity contribution in [1.29, 1.82) is 5.26 Å². The maximum absolute atomic E-state index is 13.1. The number of halogens is 1. The molecule has 0 atom stereocenters. The Labute approximate surface area is 104 Å². The van der Waals surface area contributed by atoms with Crippen molar-refractivity contribution in [2.75, 3.05) is 6.61 Å². The van der Waals surface area contributed by atoms with Crippen molar-refractivity contribution in [2.24, 2.45) is 0 Å². The maximum Gasteiger partial charge on any atom is 0.163 e. The van der Waals surface area contributed by atoms with Crippen LogP contribution in [0.15, 0.2) is 30.3 Å². The zero-order valence-electron chi connectivity index (χ0n) is 9.72. The molecule has 18 heavy (non-hydrogen) atoms. The number of nitriles is 1. The molecule has 5 heteroatoms. The summed E-state index contributed by atoms with van der Waals surface area (Å²) in [6.07, 6.45) is 0. The average molecular weight is 243 g/mol. The van der Waals surface area contributed by atoms with E-state index in [0.29, 0.717) is 23.6 Å². The van der Waals surface area contributed by atoms with Gasteiger partial charge in [-0.3, -0.25) is 0 Å². The molecule has 0 saturated heterocycles. The SMILES string of the molecule is CCOc1cc(F)ccc1-c1ccc(C#N)nn1. The number of hydrogen-bond acceptors (Lipinski definition) is 4. The third-order valence-corrected chi connectivity index (χ3v) is 2.30. The van der Waals surface area contributed by atoms with E-state index in [-0.39, 0.29) is 11.5 Å². The Morgan fingerprint density at radius 1 is 1.28 bits per heavy atom. The van der Waals surface area contributed by atoms with Crippen molar-refractivity contribution >= 4 is 0 Å². The number of hydrogen-bond donors (Lipinski definition) is 0. The molecule has 0 unspecified atom stereocenters. The van der Waals surface area contributed by atoms with Crippen LogP contribution in [0.3, 0.4) is 0 Å². The molecule has 0 aliphatic rings. The zero-order chi connectivity index (χ0) is 13.0. The lowest BCUT2D eigenvalue weighted by atomic mass is 10.1. The molecule has 4 nitrogen and oxygen atoms in total. The molecule has 90 valence electrons. The Morgan fingerprint density at radius 2 is 2.11 bits per heavy atom. The van der Waals surface area contributed by atoms with Gasteiger partial charge in [-0.1, -0.05) is 0 Å². The summed E-state index contributed by atoms with van der Waals surface area (Å²) in [4.78, 5) is 0. The lowest BCUT2D eigenvalue weighted by Gasteiger charge is -2.09. The van der Waals surface area contributed by atoms with E-state index in [0.717, 1.165) is 0 Å². The largest absolute Gasteiger partial charge is 0.493 e. The van der Waals surface area contributed by atoms with E-state index in [1.54, 1.807) is 18.2 Å². The molecule has 0 spiro atoms. The van der Waals surface area contributed by atoms with Crippen molar-refractivity contribution in [1.82, 2.24) is 10.2 Å². The fourth-order valence-corrected chi connectivity index (χ4v) is 1.52. The van der Waals surface area contributed by atoms with Gasteiger partial charge in [0, 0.05) is 11.6 Å². The summed E-state index contributed by atoms with van der Waals surface area (Å²) in [5.41, 5.74) is 1.42. The first kappa shape index (κ1) is 12.0. The van der Waals surface area contributed by atoms with Gasteiger partial charge >= 0.3 is 0 Å². The lowest BCUT2D eigenvalue weighted by Crippen LogP contribution is -1.97. The van der Waals surface area contributed by atoms with Gasteiger partial charge in [0.2, 0.25) is 0 Å². The van der Waals surface area contributed by atoms with E-state index < -0.39 is 0 Å². The molecule has 1 aromatic heterocycles. The Balaban J connectivity index is 2.45. The Hall–Kier alpha value is -2.48. The molecule has 0 saturated carbocycles. The number of rotatable bonds is 3. The van der Waals surface area contributed by atoms with Crippen molar-refractivity contribution < 1.29 is 9.13 Å². The van der Waals surface area contributed by atoms with Gasteiger partial charge in [0.15, 0.2) is 5.69 Å². The highest BCUT2D eigenvalue weighted by Gasteiger charge is 2.09. The molecule has 0 N–H and O–H groups in total. The minimum Gasteiger partial charge on any atom is -0.493 e. The van der Waals surface area contributed by atoms with E-state index >= 15 is 0 Å². The topological polar surface area (TPSA) is 58.8 Å². The molecule has 0 radical (unpaired) electrons. The molecular formula is C13H10FN3O. The molecular weight excluding hydrogens is 233 g/mol. The van der Waals surface area contributed by atoms with Crippen LogP contribution in [-0.4, -0.2) is 16.8 Å². The monoisotopic (exact) mass is 243 g/mol. The average Bonchev–Trinajstić information content (AvgIpc) is 2.40. The third kappa shape index (κ3) is 2.43. The fraction of sp³-hybridized carbons (Fsp3) is 0.154. The minimum atomic E-state index is -0.371. The Kier molecular flexibility index (Phi) is 3.49. The molecule has 0 amide bonds. The quantitative estimate of drug-likeness (QED) is 0.831. The van der Waals surface area contributed by atoms with E-state index in [4.69, 9.17) is 10.00 Å². The smallest absolute Gasteiger partial charge is 0.163 e. The second-order valence-corrected chi connectivity index (χ2v) is 3.49. The predicted molar refractivity (Wildman–Crippen MR) is 63.3 cm³/mol. The van der Waals surface area contributed by atoms with Crippen LogP contribution < -0.4 is 4.74 Å². The van der Waals surface area contributed by atoms with Crippen LogP contribution in [0.1, 0.15) is 12.6 Å². The number of aromatic nitrogens is 2. The summed E-state index contributed by atoms with van der Waals surface area (Å²) < 4.78 is 18.5. The molecule has 2 rings (SSSR count). The van der Waals surface area contributed by atoms with Gasteiger partial charge in [0.05, 0.1) is 12.3 Å². The molecule has 0 bridgehead atoms. The van der Waals surface area contributed by atoms with Crippen LogP contribution in [0, 0.1) is 17.1 Å². The molecule has 1 aromatic carbocycles. The van der Waals surface area contributed by atoms with Gasteiger partial charge in [-0.2, -0.15) is 5.26 Å². The minimum absolute atomic E-state index is 0.235. The van der Waals surface area contributed by atoms with Crippen LogP contribution in [0.5, 0.6) is 5.75 Å². The van der Waals surface area contributed by atoms with Crippen molar-refractivity contribution in [3.63, 3.8) is 0 Å². The number of benzene rings is 1. The van der Waals surface area contributed by atoms with Gasteiger partial charge < -0.3 is 4.74 Å². The van der Waals surface area contributed by atoms with Crippen molar-refractivity contribution in [3.8, 4) is 23.1 Å². The maximum atomic E-state index is 13.1. The Morgan fingerprint density at radius 3 is 2.72 bits per heavy atom. The highest BCUT2D eigenvalue weighted by Crippen LogP contribution is 2.29. The second-order valence-electron chi connectivity index (χ2n) is 3.49. The van der Waals surface area contributed by atoms with E-state index in [9.17, 15) is 4.39 Å². The first-order valence-corrected chi connectivity index (χ1v) is 5.41. The van der Waals surface area contributed by atoms with Crippen LogP contribution in [0.4, 0.5) is 4.39 Å². The first-order chi connectivity index (χ1) is 8.74. The van der Waals surface area contributed by atoms with Crippen LogP contribution in [0.25, 0.3) is 11.3 Å². The molecule has 0 fully saturated rings. The van der Waals surface area contributed by atoms with E-state index in [1.807, 2.05) is 13.0 Å². The van der Waals surface area contributed by atoms with Gasteiger partial charge in [-0.05, 0) is 31.2 Å². The van der Waals surface area contributed by atoms with E-state index in [1.165, 1.54) is 12.1 Å². The van der Waals surface area contributed by atoms with Crippen LogP contribution in [-0.2, 0) is 0 Å². The van der Waals surface area contributed by atoms with E-state index in [2.05, 4.69) is 10.2 Å². The fourth-order valence-electron chi connectivity index (χ4n) is 1.52. The van der Waals surface area contributed by atoms with Crippen LogP contribution >= 0.6 is 0 Å². The highest BCUT2D eigenvalue weighted by atomic mass is 19.1. The lowest BCUT2D eigenvalue weighted by molar-refractivity contribution is 0.339. The summed E-state index contributed by atoms with van der Waals surface area (Å²) in [7, 11) is 0. The Bertz CT molecular complexity index is 590. The summed E-state index contributed by atoms with van der Waals surface area (Å²) in [6.45, 7) is 2.25. The molecule has 2 aromatic rings. The molecule has 1 heterocycles. The van der Waals surface area contributed by atoms with Crippen molar-refractivity contribution in [3.05, 3.63) is 41.8 Å². The summed E-state index contributed by atoms with van der Waals surface area (Å²) in [5, 5.41) is 16.3. The van der Waals surface area contributed by atoms with Gasteiger partial charge in [-0.25, -0.2) is 4.39 Å². The van der Waals surface area contributed by atoms with Crippen molar-refractivity contribution in [2.45, 2.75) is 6.92 Å². The normalized spacial score (nSPS) is 9.83.